The molecule has 0 bridgehead atoms. The molecule has 20 heavy (non-hydrogen) atoms. The van der Waals surface area contributed by atoms with Crippen LogP contribution in [0.25, 0.3) is 0 Å². The second-order valence-electron chi connectivity index (χ2n) is 5.55. The molecule has 0 amide bonds. The Bertz CT molecular complexity index is 577. The Morgan fingerprint density at radius 3 is 2.65 bits per heavy atom. The van der Waals surface area contributed by atoms with Gasteiger partial charge in [0.25, 0.3) is 0 Å². The Morgan fingerprint density at radius 2 is 2.10 bits per heavy atom. The highest BCUT2D eigenvalue weighted by molar-refractivity contribution is 7.89. The lowest BCUT2D eigenvalue weighted by Crippen LogP contribution is -2.42. The van der Waals surface area contributed by atoms with Crippen LogP contribution in [0.2, 0.25) is 0 Å². The van der Waals surface area contributed by atoms with Crippen LogP contribution in [0.5, 0.6) is 0 Å². The Kier molecular flexibility index (Phi) is 4.51. The van der Waals surface area contributed by atoms with Crippen molar-refractivity contribution in [3.8, 4) is 0 Å². The highest BCUT2D eigenvalue weighted by Gasteiger charge is 2.33. The number of nitrogens with one attached hydrogen (secondary N) is 1. The standard InChI is InChI=1S/C13H24N4O2S/c1-10-13(11(2)16(4)15-10)20(18,19)17-7-5-6-12(9-17)8-14-3/h12,14H,5-9H2,1-4H3. The van der Waals surface area contributed by atoms with E-state index in [1.807, 2.05) is 14.0 Å². The van der Waals surface area contributed by atoms with Crippen LogP contribution in [0.4, 0.5) is 0 Å². The Hall–Kier alpha value is -0.920. The molecule has 7 heteroatoms. The second kappa shape index (κ2) is 5.83. The van der Waals surface area contributed by atoms with Gasteiger partial charge in [-0.1, -0.05) is 0 Å². The summed E-state index contributed by atoms with van der Waals surface area (Å²) in [6.45, 7) is 5.63. The monoisotopic (exact) mass is 300 g/mol. The highest BCUT2D eigenvalue weighted by Crippen LogP contribution is 2.27. The molecule has 1 atom stereocenters. The molecular weight excluding hydrogens is 276 g/mol. The van der Waals surface area contributed by atoms with Crippen molar-refractivity contribution in [2.24, 2.45) is 13.0 Å². The summed E-state index contributed by atoms with van der Waals surface area (Å²) in [6, 6.07) is 0. The van der Waals surface area contributed by atoms with Gasteiger partial charge in [0, 0.05) is 20.1 Å². The van der Waals surface area contributed by atoms with E-state index in [9.17, 15) is 8.42 Å². The fourth-order valence-electron chi connectivity index (χ4n) is 2.96. The quantitative estimate of drug-likeness (QED) is 0.887. The molecule has 0 radical (unpaired) electrons. The molecule has 2 rings (SSSR count). The van der Waals surface area contributed by atoms with Crippen molar-refractivity contribution in [2.45, 2.75) is 31.6 Å². The number of hydrogen-bond acceptors (Lipinski definition) is 4. The molecular formula is C13H24N4O2S. The molecule has 1 aliphatic heterocycles. The number of nitrogens with zero attached hydrogens (tertiary/aromatic N) is 3. The van der Waals surface area contributed by atoms with Gasteiger partial charge in [-0.3, -0.25) is 4.68 Å². The van der Waals surface area contributed by atoms with Crippen LogP contribution < -0.4 is 5.32 Å². The number of aromatic nitrogens is 2. The van der Waals surface area contributed by atoms with Crippen LogP contribution in [0, 0.1) is 19.8 Å². The van der Waals surface area contributed by atoms with Crippen LogP contribution in [0.3, 0.4) is 0 Å². The van der Waals surface area contributed by atoms with Crippen molar-refractivity contribution in [2.75, 3.05) is 26.7 Å². The zero-order valence-electron chi connectivity index (χ0n) is 12.7. The van der Waals surface area contributed by atoms with E-state index in [0.29, 0.717) is 35.3 Å². The highest BCUT2D eigenvalue weighted by atomic mass is 32.2. The molecule has 0 spiro atoms. The number of hydrogen-bond donors (Lipinski definition) is 1. The number of aryl methyl sites for hydroxylation is 2. The molecule has 1 N–H and O–H groups in total. The van der Waals surface area contributed by atoms with Crippen LogP contribution in [-0.4, -0.2) is 49.2 Å². The summed E-state index contributed by atoms with van der Waals surface area (Å²) >= 11 is 0. The van der Waals surface area contributed by atoms with Gasteiger partial charge in [-0.15, -0.1) is 0 Å². The van der Waals surface area contributed by atoms with Crippen LogP contribution in [-0.2, 0) is 17.1 Å². The third kappa shape index (κ3) is 2.75. The van der Waals surface area contributed by atoms with E-state index in [0.717, 1.165) is 19.4 Å². The third-order valence-electron chi connectivity index (χ3n) is 4.02. The summed E-state index contributed by atoms with van der Waals surface area (Å²) in [6.07, 6.45) is 2.00. The maximum Gasteiger partial charge on any atom is 0.246 e. The van der Waals surface area contributed by atoms with Gasteiger partial charge < -0.3 is 5.32 Å². The van der Waals surface area contributed by atoms with Gasteiger partial charge in [0.1, 0.15) is 4.90 Å². The van der Waals surface area contributed by atoms with Crippen LogP contribution >= 0.6 is 0 Å². The zero-order chi connectivity index (χ0) is 14.9. The van der Waals surface area contributed by atoms with E-state index >= 15 is 0 Å². The fraction of sp³-hybridized carbons (Fsp3) is 0.769. The van der Waals surface area contributed by atoms with E-state index in [1.54, 1.807) is 23.0 Å². The molecule has 0 aliphatic carbocycles. The maximum absolute atomic E-state index is 12.8. The first-order valence-electron chi connectivity index (χ1n) is 7.03. The van der Waals surface area contributed by atoms with E-state index < -0.39 is 10.0 Å². The predicted octanol–water partition coefficient (Wildman–Crippen LogP) is 0.657. The lowest BCUT2D eigenvalue weighted by atomic mass is 10.00. The SMILES string of the molecule is CNCC1CCCN(S(=O)(=O)c2c(C)nn(C)c2C)C1. The molecule has 6 nitrogen and oxygen atoms in total. The topological polar surface area (TPSA) is 67.2 Å². The van der Waals surface area contributed by atoms with Crippen LogP contribution in [0.1, 0.15) is 24.2 Å². The van der Waals surface area contributed by atoms with Gasteiger partial charge >= 0.3 is 0 Å². The van der Waals surface area contributed by atoms with Crippen LogP contribution in [0.15, 0.2) is 4.90 Å². The fourth-order valence-corrected chi connectivity index (χ4v) is 4.91. The first-order chi connectivity index (χ1) is 9.37. The van der Waals surface area contributed by atoms with E-state index in [1.165, 1.54) is 0 Å². The molecule has 0 aromatic carbocycles. The Balaban J connectivity index is 2.30. The van der Waals surface area contributed by atoms with Crippen molar-refractivity contribution in [3.63, 3.8) is 0 Å². The van der Waals surface area contributed by atoms with E-state index in [-0.39, 0.29) is 0 Å². The minimum atomic E-state index is -3.43. The zero-order valence-corrected chi connectivity index (χ0v) is 13.5. The van der Waals surface area contributed by atoms with Crippen molar-refractivity contribution >= 4 is 10.0 Å². The minimum absolute atomic E-state index is 0.380. The first-order valence-corrected chi connectivity index (χ1v) is 8.47. The average molecular weight is 300 g/mol. The van der Waals surface area contributed by atoms with Gasteiger partial charge in [-0.2, -0.15) is 9.40 Å². The van der Waals surface area contributed by atoms with Gasteiger partial charge in [0.05, 0.1) is 11.4 Å². The van der Waals surface area contributed by atoms with Gasteiger partial charge in [-0.25, -0.2) is 8.42 Å². The summed E-state index contributed by atoms with van der Waals surface area (Å²) in [5, 5.41) is 7.36. The molecule has 2 heterocycles. The molecule has 0 saturated carbocycles. The number of piperidine rings is 1. The summed E-state index contributed by atoms with van der Waals surface area (Å²) in [5.41, 5.74) is 1.29. The molecule has 1 saturated heterocycles. The summed E-state index contributed by atoms with van der Waals surface area (Å²) < 4.78 is 28.9. The second-order valence-corrected chi connectivity index (χ2v) is 7.43. The largest absolute Gasteiger partial charge is 0.319 e. The van der Waals surface area contributed by atoms with Gasteiger partial charge in [-0.05, 0) is 46.2 Å². The average Bonchev–Trinajstić information content (AvgIpc) is 2.64. The molecule has 114 valence electrons. The molecule has 1 aromatic heterocycles. The smallest absolute Gasteiger partial charge is 0.246 e. The van der Waals surface area contributed by atoms with Gasteiger partial charge in [0.15, 0.2) is 0 Å². The third-order valence-corrected chi connectivity index (χ3v) is 6.13. The predicted molar refractivity (Wildman–Crippen MR) is 78.1 cm³/mol. The van der Waals surface area contributed by atoms with Crippen molar-refractivity contribution in [1.82, 2.24) is 19.4 Å². The van der Waals surface area contributed by atoms with E-state index in [4.69, 9.17) is 0 Å². The van der Waals surface area contributed by atoms with Gasteiger partial charge in [0.2, 0.25) is 10.0 Å². The van der Waals surface area contributed by atoms with Crippen molar-refractivity contribution in [3.05, 3.63) is 11.4 Å². The first kappa shape index (κ1) is 15.5. The molecule has 1 aliphatic rings. The summed E-state index contributed by atoms with van der Waals surface area (Å²) in [4.78, 5) is 0.380. The normalized spacial score (nSPS) is 21.3. The minimum Gasteiger partial charge on any atom is -0.319 e. The number of sulfonamides is 1. The molecule has 1 unspecified atom stereocenters. The molecule has 1 fully saturated rings. The van der Waals surface area contributed by atoms with Crippen molar-refractivity contribution < 1.29 is 8.42 Å². The van der Waals surface area contributed by atoms with Crippen molar-refractivity contribution in [1.29, 1.82) is 0 Å². The maximum atomic E-state index is 12.8. The lowest BCUT2D eigenvalue weighted by molar-refractivity contribution is 0.263. The van der Waals surface area contributed by atoms with E-state index in [2.05, 4.69) is 10.4 Å². The number of rotatable bonds is 4. The molecule has 1 aromatic rings. The Labute approximate surface area is 121 Å². The summed E-state index contributed by atoms with van der Waals surface area (Å²) in [7, 11) is 0.253. The summed E-state index contributed by atoms with van der Waals surface area (Å²) in [5.74, 6) is 0.390. The Morgan fingerprint density at radius 1 is 1.40 bits per heavy atom. The lowest BCUT2D eigenvalue weighted by Gasteiger charge is -2.31.